The van der Waals surface area contributed by atoms with Crippen LogP contribution in [0.5, 0.6) is 0 Å². The first kappa shape index (κ1) is 15.7. The molecule has 106 valence electrons. The number of ether oxygens (including phenoxy) is 1. The number of esters is 1. The third-order valence-corrected chi connectivity index (χ3v) is 3.14. The van der Waals surface area contributed by atoms with E-state index in [1.165, 1.54) is 11.3 Å². The fourth-order valence-corrected chi connectivity index (χ4v) is 2.30. The molecule has 1 aromatic heterocycles. The largest absolute Gasteiger partial charge is 0.481 e. The van der Waals surface area contributed by atoms with E-state index in [9.17, 15) is 9.59 Å². The number of hydrogen-bond donors (Lipinski definition) is 2. The van der Waals surface area contributed by atoms with Gasteiger partial charge in [0.15, 0.2) is 5.92 Å². The lowest BCUT2D eigenvalue weighted by molar-refractivity contribution is -0.167. The van der Waals surface area contributed by atoms with Crippen LogP contribution in [-0.4, -0.2) is 28.7 Å². The molecule has 0 aromatic carbocycles. The quantitative estimate of drug-likeness (QED) is 0.634. The highest BCUT2D eigenvalue weighted by atomic mass is 32.1. The maximum absolute atomic E-state index is 11.9. The molecule has 2 atom stereocenters. The summed E-state index contributed by atoms with van der Waals surface area (Å²) in [6.45, 7) is 5.07. The summed E-state index contributed by atoms with van der Waals surface area (Å²) in [5.41, 5.74) is 6.05. The van der Waals surface area contributed by atoms with Gasteiger partial charge in [0.05, 0.1) is 0 Å². The van der Waals surface area contributed by atoms with Crippen molar-refractivity contribution in [1.29, 1.82) is 0 Å². The molecule has 1 aromatic rings. The molecule has 0 radical (unpaired) electrons. The molecule has 0 aliphatic rings. The summed E-state index contributed by atoms with van der Waals surface area (Å²) in [7, 11) is 0. The van der Waals surface area contributed by atoms with E-state index < -0.39 is 29.5 Å². The second-order valence-electron chi connectivity index (χ2n) is 5.35. The van der Waals surface area contributed by atoms with Crippen molar-refractivity contribution in [3.8, 4) is 0 Å². The number of carboxylic acids is 1. The number of nitrogens with two attached hydrogens (primary N) is 1. The van der Waals surface area contributed by atoms with Crippen molar-refractivity contribution in [3.63, 3.8) is 0 Å². The Bertz CT molecular complexity index is 436. The average molecular weight is 285 g/mol. The van der Waals surface area contributed by atoms with Gasteiger partial charge in [-0.25, -0.2) is 0 Å². The standard InChI is InChI=1S/C13H19NO4S/c1-13(2,3)18-12(17)10(11(15)16)9(14)6-8-4-5-19-7-8/h4-5,7,9-10H,6,14H2,1-3H3,(H,15,16)/t9-,10-/m1/s1. The minimum Gasteiger partial charge on any atom is -0.481 e. The van der Waals surface area contributed by atoms with Crippen LogP contribution in [0.15, 0.2) is 16.8 Å². The van der Waals surface area contributed by atoms with E-state index in [0.717, 1.165) is 5.56 Å². The third-order valence-electron chi connectivity index (χ3n) is 2.41. The maximum Gasteiger partial charge on any atom is 0.322 e. The number of hydrogen-bond acceptors (Lipinski definition) is 5. The predicted octanol–water partition coefficient (Wildman–Crippen LogP) is 1.66. The van der Waals surface area contributed by atoms with Crippen LogP contribution in [0.1, 0.15) is 26.3 Å². The Hall–Kier alpha value is -1.40. The van der Waals surface area contributed by atoms with Crippen LogP contribution in [-0.2, 0) is 20.7 Å². The Balaban J connectivity index is 2.76. The van der Waals surface area contributed by atoms with E-state index in [1.54, 1.807) is 20.8 Å². The van der Waals surface area contributed by atoms with Crippen molar-refractivity contribution in [1.82, 2.24) is 0 Å². The van der Waals surface area contributed by atoms with E-state index in [0.29, 0.717) is 6.42 Å². The molecule has 6 heteroatoms. The molecule has 0 bridgehead atoms. The van der Waals surface area contributed by atoms with Gasteiger partial charge in [-0.05, 0) is 49.6 Å². The Morgan fingerprint density at radius 3 is 2.53 bits per heavy atom. The molecular formula is C13H19NO4S. The molecule has 0 saturated heterocycles. The zero-order valence-electron chi connectivity index (χ0n) is 11.3. The Kier molecular flexibility index (Phi) is 5.08. The van der Waals surface area contributed by atoms with Crippen LogP contribution >= 0.6 is 11.3 Å². The van der Waals surface area contributed by atoms with E-state index in [-0.39, 0.29) is 0 Å². The molecule has 3 N–H and O–H groups in total. The van der Waals surface area contributed by atoms with Crippen molar-refractivity contribution in [2.75, 3.05) is 0 Å². The lowest BCUT2D eigenvalue weighted by atomic mass is 9.95. The van der Waals surface area contributed by atoms with Gasteiger partial charge in [-0.3, -0.25) is 9.59 Å². The van der Waals surface area contributed by atoms with Gasteiger partial charge in [0, 0.05) is 6.04 Å². The van der Waals surface area contributed by atoms with Gasteiger partial charge >= 0.3 is 11.9 Å². The first-order valence-corrected chi connectivity index (χ1v) is 6.87. The highest BCUT2D eigenvalue weighted by Crippen LogP contribution is 2.17. The maximum atomic E-state index is 11.9. The summed E-state index contributed by atoms with van der Waals surface area (Å²) in [6, 6.07) is 1.06. The molecule has 19 heavy (non-hydrogen) atoms. The van der Waals surface area contributed by atoms with Gasteiger partial charge in [-0.2, -0.15) is 11.3 Å². The normalized spacial score (nSPS) is 14.7. The smallest absolute Gasteiger partial charge is 0.322 e. The van der Waals surface area contributed by atoms with E-state index >= 15 is 0 Å². The molecule has 0 spiro atoms. The fraction of sp³-hybridized carbons (Fsp3) is 0.538. The van der Waals surface area contributed by atoms with E-state index in [2.05, 4.69) is 0 Å². The Morgan fingerprint density at radius 2 is 2.11 bits per heavy atom. The zero-order chi connectivity index (χ0) is 14.6. The molecule has 5 nitrogen and oxygen atoms in total. The number of aliphatic carboxylic acids is 1. The molecular weight excluding hydrogens is 266 g/mol. The van der Waals surface area contributed by atoms with Crippen molar-refractivity contribution in [2.45, 2.75) is 38.8 Å². The highest BCUT2D eigenvalue weighted by Gasteiger charge is 2.36. The third kappa shape index (κ3) is 5.00. The van der Waals surface area contributed by atoms with Crippen LogP contribution < -0.4 is 5.73 Å². The molecule has 0 aliphatic carbocycles. The Labute approximate surface area is 116 Å². The van der Waals surface area contributed by atoms with Crippen molar-refractivity contribution >= 4 is 23.3 Å². The number of carbonyl (C=O) groups is 2. The van der Waals surface area contributed by atoms with Crippen molar-refractivity contribution in [2.24, 2.45) is 11.7 Å². The summed E-state index contributed by atoms with van der Waals surface area (Å²) in [5.74, 6) is -3.39. The molecule has 0 unspecified atom stereocenters. The van der Waals surface area contributed by atoms with Crippen molar-refractivity contribution < 1.29 is 19.4 Å². The topological polar surface area (TPSA) is 89.6 Å². The van der Waals surface area contributed by atoms with Crippen LogP contribution in [0.2, 0.25) is 0 Å². The van der Waals surface area contributed by atoms with Crippen LogP contribution in [0.4, 0.5) is 0 Å². The van der Waals surface area contributed by atoms with E-state index in [4.69, 9.17) is 15.6 Å². The summed E-state index contributed by atoms with van der Waals surface area (Å²) >= 11 is 1.50. The van der Waals surface area contributed by atoms with Crippen molar-refractivity contribution in [3.05, 3.63) is 22.4 Å². The minimum absolute atomic E-state index is 0.333. The van der Waals surface area contributed by atoms with E-state index in [1.807, 2.05) is 16.8 Å². The van der Waals surface area contributed by atoms with Crippen LogP contribution in [0.25, 0.3) is 0 Å². The Morgan fingerprint density at radius 1 is 1.47 bits per heavy atom. The van der Waals surface area contributed by atoms with Crippen LogP contribution in [0.3, 0.4) is 0 Å². The number of thiophene rings is 1. The molecule has 0 amide bonds. The summed E-state index contributed by atoms with van der Waals surface area (Å²) in [5, 5.41) is 12.9. The van der Waals surface area contributed by atoms with Gasteiger partial charge in [0.25, 0.3) is 0 Å². The molecule has 1 heterocycles. The molecule has 0 fully saturated rings. The lowest BCUT2D eigenvalue weighted by Gasteiger charge is -2.24. The predicted molar refractivity (Wildman–Crippen MR) is 73.0 cm³/mol. The first-order valence-electron chi connectivity index (χ1n) is 5.93. The molecule has 0 saturated carbocycles. The average Bonchev–Trinajstić information content (AvgIpc) is 2.66. The SMILES string of the molecule is CC(C)(C)OC(=O)[C@@H](C(=O)O)[C@H](N)Cc1ccsc1. The first-order chi connectivity index (χ1) is 8.70. The monoisotopic (exact) mass is 285 g/mol. The summed E-state index contributed by atoms with van der Waals surface area (Å²) in [4.78, 5) is 23.1. The van der Waals surface area contributed by atoms with Gasteiger partial charge in [-0.15, -0.1) is 0 Å². The minimum atomic E-state index is -1.35. The van der Waals surface area contributed by atoms with Gasteiger partial charge < -0.3 is 15.6 Å². The second kappa shape index (κ2) is 6.16. The highest BCUT2D eigenvalue weighted by molar-refractivity contribution is 7.07. The number of carboxylic acid groups (broad SMARTS) is 1. The molecule has 0 aliphatic heterocycles. The van der Waals surface area contributed by atoms with Gasteiger partial charge in [0.2, 0.25) is 0 Å². The number of carbonyl (C=O) groups excluding carboxylic acids is 1. The van der Waals surface area contributed by atoms with Crippen LogP contribution in [0, 0.1) is 5.92 Å². The molecule has 1 rings (SSSR count). The second-order valence-corrected chi connectivity index (χ2v) is 6.13. The van der Waals surface area contributed by atoms with Gasteiger partial charge in [-0.1, -0.05) is 0 Å². The summed E-state index contributed by atoms with van der Waals surface area (Å²) in [6.07, 6.45) is 0.333. The fourth-order valence-electron chi connectivity index (χ4n) is 1.62. The van der Waals surface area contributed by atoms with Gasteiger partial charge in [0.1, 0.15) is 5.60 Å². The summed E-state index contributed by atoms with van der Waals surface area (Å²) < 4.78 is 5.10. The zero-order valence-corrected chi connectivity index (χ0v) is 12.1. The number of rotatable bonds is 5. The lowest BCUT2D eigenvalue weighted by Crippen LogP contribution is -2.45.